The van der Waals surface area contributed by atoms with E-state index in [1.807, 2.05) is 4.52 Å². The molecule has 0 bridgehead atoms. The first-order valence-electron chi connectivity index (χ1n) is 3.59. The zero-order valence-electron chi connectivity index (χ0n) is 8.02. The summed E-state index contributed by atoms with van der Waals surface area (Å²) in [6.45, 7) is 0. The third kappa shape index (κ3) is 2.90. The lowest BCUT2D eigenvalue weighted by molar-refractivity contribution is -0.747. The second-order valence-electron chi connectivity index (χ2n) is 3.62. The predicted octanol–water partition coefficient (Wildman–Crippen LogP) is 5.39. The molecular formula is C3H9F5N4P3+. The van der Waals surface area contributed by atoms with E-state index < -0.39 is 27.6 Å². The fourth-order valence-corrected chi connectivity index (χ4v) is 7.24. The molecule has 1 aliphatic rings. The van der Waals surface area contributed by atoms with Gasteiger partial charge in [-0.15, -0.1) is 34.5 Å². The van der Waals surface area contributed by atoms with Gasteiger partial charge in [0.25, 0.3) is 0 Å². The molecule has 1 rings (SSSR count). The van der Waals surface area contributed by atoms with Crippen molar-refractivity contribution in [3.8, 4) is 0 Å². The van der Waals surface area contributed by atoms with Crippen molar-refractivity contribution >= 4 is 23.3 Å². The summed E-state index contributed by atoms with van der Waals surface area (Å²) in [7, 11) is -12.2. The molecule has 0 aromatic carbocycles. The van der Waals surface area contributed by atoms with E-state index in [1.54, 1.807) is 0 Å². The Morgan fingerprint density at radius 3 is 1.47 bits per heavy atom. The topological polar surface area (TPSA) is 37.1 Å². The Balaban J connectivity index is 3.58. The SMILES string of the molecule is C[N+](C)(C)P1(F)=NP(F)(F)=NP(F)(F)=N1. The van der Waals surface area contributed by atoms with Gasteiger partial charge >= 0.3 is 23.3 Å². The van der Waals surface area contributed by atoms with Gasteiger partial charge in [-0.3, -0.25) is 4.25 Å². The molecule has 0 aromatic heterocycles. The minimum Gasteiger partial charge on any atom is -0.262 e. The predicted molar refractivity (Wildman–Crippen MR) is 51.6 cm³/mol. The normalized spacial score (nSPS) is 33.6. The van der Waals surface area contributed by atoms with E-state index in [9.17, 15) is 21.0 Å². The molecule has 0 radical (unpaired) electrons. The Morgan fingerprint density at radius 1 is 0.733 bits per heavy atom. The van der Waals surface area contributed by atoms with Gasteiger partial charge in [-0.2, -0.15) is 0 Å². The summed E-state index contributed by atoms with van der Waals surface area (Å²) in [6, 6.07) is 0. The maximum absolute atomic E-state index is 13.9. The number of hydrogen-bond donors (Lipinski definition) is 0. The van der Waals surface area contributed by atoms with Crippen LogP contribution in [0.3, 0.4) is 0 Å². The number of rotatable bonds is 1. The van der Waals surface area contributed by atoms with E-state index in [0.717, 1.165) is 21.1 Å². The first-order valence-corrected chi connectivity index (χ1v) is 8.08. The summed E-state index contributed by atoms with van der Waals surface area (Å²) in [5, 5.41) is 0. The van der Waals surface area contributed by atoms with Crippen LogP contribution < -0.4 is 0 Å². The van der Waals surface area contributed by atoms with Crippen LogP contribution >= 0.6 is 23.3 Å². The minimum atomic E-state index is -5.56. The maximum Gasteiger partial charge on any atom is 0.444 e. The van der Waals surface area contributed by atoms with Crippen LogP contribution in [-0.2, 0) is 0 Å². The van der Waals surface area contributed by atoms with Crippen LogP contribution in [0.15, 0.2) is 13.5 Å². The molecule has 4 nitrogen and oxygen atoms in total. The summed E-state index contributed by atoms with van der Waals surface area (Å²) in [6.07, 6.45) is 0. The summed E-state index contributed by atoms with van der Waals surface area (Å²) in [4.78, 5) is 0. The molecule has 1 heterocycles. The third-order valence-electron chi connectivity index (χ3n) is 1.42. The number of halogens is 5. The average molecular weight is 289 g/mol. The lowest BCUT2D eigenvalue weighted by Crippen LogP contribution is -2.27. The van der Waals surface area contributed by atoms with Crippen molar-refractivity contribution in [2.24, 2.45) is 13.5 Å². The summed E-state index contributed by atoms with van der Waals surface area (Å²) < 4.78 is 71.2. The van der Waals surface area contributed by atoms with Crippen molar-refractivity contribution in [1.29, 1.82) is 0 Å². The summed E-state index contributed by atoms with van der Waals surface area (Å²) in [5.41, 5.74) is 0. The first-order chi connectivity index (χ1) is 6.37. The number of hydrogen-bond acceptors (Lipinski definition) is 3. The zero-order chi connectivity index (χ0) is 12.1. The molecule has 15 heavy (non-hydrogen) atoms. The van der Waals surface area contributed by atoms with E-state index in [-0.39, 0.29) is 0 Å². The van der Waals surface area contributed by atoms with Crippen LogP contribution in [0, 0.1) is 0 Å². The van der Waals surface area contributed by atoms with E-state index >= 15 is 0 Å². The number of nitrogens with zero attached hydrogens (tertiary/aromatic N) is 4. The van der Waals surface area contributed by atoms with Crippen molar-refractivity contribution < 1.29 is 25.2 Å². The van der Waals surface area contributed by atoms with E-state index in [2.05, 4.69) is 9.03 Å². The molecule has 0 amide bonds. The van der Waals surface area contributed by atoms with E-state index in [4.69, 9.17) is 0 Å². The molecule has 0 aromatic rings. The van der Waals surface area contributed by atoms with Gasteiger partial charge < -0.3 is 0 Å². The van der Waals surface area contributed by atoms with Crippen LogP contribution in [-0.4, -0.2) is 25.4 Å². The third-order valence-corrected chi connectivity index (χ3v) is 8.21. The molecule has 12 heteroatoms. The van der Waals surface area contributed by atoms with Crippen molar-refractivity contribution in [3.05, 3.63) is 0 Å². The first kappa shape index (κ1) is 13.4. The van der Waals surface area contributed by atoms with Gasteiger partial charge in [0.2, 0.25) is 0 Å². The van der Waals surface area contributed by atoms with Gasteiger partial charge in [0.05, 0.1) is 21.1 Å². The molecule has 0 N–H and O–H groups in total. The molecule has 0 saturated heterocycles. The lowest BCUT2D eigenvalue weighted by Gasteiger charge is -2.29. The smallest absolute Gasteiger partial charge is 0.262 e. The Hall–Kier alpha value is 0.300. The van der Waals surface area contributed by atoms with Crippen molar-refractivity contribution in [3.63, 3.8) is 0 Å². The number of quaternary nitrogens is 1. The largest absolute Gasteiger partial charge is 0.444 e. The second-order valence-corrected chi connectivity index (χ2v) is 9.78. The highest BCUT2D eigenvalue weighted by molar-refractivity contribution is 7.77. The molecule has 0 fully saturated rings. The Labute approximate surface area is 84.1 Å². The molecule has 0 spiro atoms. The molecule has 1 atom stereocenters. The van der Waals surface area contributed by atoms with Gasteiger partial charge in [0.1, 0.15) is 0 Å². The average Bonchev–Trinajstić information content (AvgIpc) is 1.72. The van der Waals surface area contributed by atoms with Gasteiger partial charge in [-0.1, -0.05) is 0 Å². The Morgan fingerprint density at radius 2 is 1.13 bits per heavy atom. The van der Waals surface area contributed by atoms with E-state index in [1.165, 1.54) is 0 Å². The highest BCUT2D eigenvalue weighted by Crippen LogP contribution is 2.83. The molecule has 90 valence electrons. The van der Waals surface area contributed by atoms with Crippen LogP contribution in [0.5, 0.6) is 0 Å². The van der Waals surface area contributed by atoms with Crippen LogP contribution in [0.25, 0.3) is 0 Å². The molecule has 0 aliphatic carbocycles. The van der Waals surface area contributed by atoms with Crippen molar-refractivity contribution in [2.45, 2.75) is 0 Å². The minimum absolute atomic E-state index is 0.770. The quantitative estimate of drug-likeness (QED) is 0.458. The lowest BCUT2D eigenvalue weighted by atomic mass is 11.0. The van der Waals surface area contributed by atoms with Gasteiger partial charge in [0, 0.05) is 0 Å². The summed E-state index contributed by atoms with van der Waals surface area (Å²) >= 11 is 0. The molecule has 1 aliphatic heterocycles. The highest BCUT2D eigenvalue weighted by atomic mass is 31.3. The van der Waals surface area contributed by atoms with Crippen molar-refractivity contribution in [1.82, 2.24) is 0 Å². The monoisotopic (exact) mass is 289 g/mol. The zero-order valence-corrected chi connectivity index (χ0v) is 10.7. The Bertz CT molecular complexity index is 429. The molecule has 0 saturated carbocycles. The highest BCUT2D eigenvalue weighted by Gasteiger charge is 2.47. The van der Waals surface area contributed by atoms with Gasteiger partial charge in [-0.25, -0.2) is 0 Å². The fourth-order valence-electron chi connectivity index (χ4n) is 0.697. The second kappa shape index (κ2) is 3.39. The Kier molecular flexibility index (Phi) is 3.02. The van der Waals surface area contributed by atoms with Crippen molar-refractivity contribution in [2.75, 3.05) is 21.1 Å². The summed E-state index contributed by atoms with van der Waals surface area (Å²) in [5.74, 6) is 0. The van der Waals surface area contributed by atoms with Crippen LogP contribution in [0.1, 0.15) is 0 Å². The fraction of sp³-hybridized carbons (Fsp3) is 1.00. The van der Waals surface area contributed by atoms with Crippen LogP contribution in [0.2, 0.25) is 0 Å². The molecule has 1 unspecified atom stereocenters. The maximum atomic E-state index is 13.9. The van der Waals surface area contributed by atoms with Gasteiger partial charge in [0.15, 0.2) is 0 Å². The van der Waals surface area contributed by atoms with Crippen LogP contribution in [0.4, 0.5) is 21.0 Å². The standard InChI is InChI=1S/C3H9F5N4P3/c1-12(2,3)15(8)10-13(4,5)9-14(6,7)11-15/h1-3H3/q+1. The molecular weight excluding hydrogens is 280 g/mol. The van der Waals surface area contributed by atoms with E-state index in [0.29, 0.717) is 0 Å². The van der Waals surface area contributed by atoms with Gasteiger partial charge in [-0.05, 0) is 0 Å².